The number of aromatic nitrogens is 3. The average molecular weight is 561 g/mol. The summed E-state index contributed by atoms with van der Waals surface area (Å²) < 4.78 is 7.72. The number of imidazole rings is 1. The zero-order valence-electron chi connectivity index (χ0n) is 22.6. The number of thiazole rings is 1. The molecule has 2 fully saturated rings. The van der Waals surface area contributed by atoms with Crippen LogP contribution in [-0.4, -0.2) is 87.6 Å². The molecule has 40 heavy (non-hydrogen) atoms. The molecule has 11 heteroatoms. The van der Waals surface area contributed by atoms with Crippen LogP contribution in [0.1, 0.15) is 49.8 Å². The molecule has 4 aromatic rings. The first-order valence-corrected chi connectivity index (χ1v) is 14.3. The van der Waals surface area contributed by atoms with Crippen molar-refractivity contribution in [2.24, 2.45) is 0 Å². The van der Waals surface area contributed by atoms with Gasteiger partial charge in [0.05, 0.1) is 16.8 Å². The Morgan fingerprint density at radius 3 is 2.45 bits per heavy atom. The number of pyridine rings is 1. The molecule has 0 spiro atoms. The molecule has 10 nitrogen and oxygen atoms in total. The zero-order valence-corrected chi connectivity index (χ0v) is 23.4. The summed E-state index contributed by atoms with van der Waals surface area (Å²) in [5.41, 5.74) is 6.76. The van der Waals surface area contributed by atoms with Crippen molar-refractivity contribution in [3.63, 3.8) is 0 Å². The summed E-state index contributed by atoms with van der Waals surface area (Å²) in [6.45, 7) is 6.42. The average Bonchev–Trinajstić information content (AvgIpc) is 3.61. The number of carbonyl (C=O) groups is 2. The number of nitrogens with zero attached hydrogens (tertiary/aromatic N) is 5. The fourth-order valence-electron chi connectivity index (χ4n) is 5.75. The van der Waals surface area contributed by atoms with Gasteiger partial charge in [-0.15, -0.1) is 11.3 Å². The predicted molar refractivity (Wildman–Crippen MR) is 151 cm³/mol. The monoisotopic (exact) mass is 560 g/mol. The van der Waals surface area contributed by atoms with Crippen LogP contribution in [0.5, 0.6) is 0 Å². The summed E-state index contributed by atoms with van der Waals surface area (Å²) in [6.07, 6.45) is 3.47. The highest BCUT2D eigenvalue weighted by atomic mass is 32.1. The number of benzene rings is 1. The van der Waals surface area contributed by atoms with E-state index in [-0.39, 0.29) is 11.3 Å². The van der Waals surface area contributed by atoms with Gasteiger partial charge < -0.3 is 14.5 Å². The Kier molecular flexibility index (Phi) is 7.13. The molecule has 0 aliphatic carbocycles. The standard InChI is InChI=1S/C29H32N6O4S/c1-19-25(35-10-7-21(17-24(35)30-19)27(37)34-13-11-33(2)12-14-34)23-18-40-28(31-23)29(8-15-39-16-9-29)22-5-3-20(4-6-22)26(36)32-38/h3-7,10,17-18,38H,8-9,11-16H2,1-2H3,(H,32,36). The molecule has 0 radical (unpaired) electrons. The second-order valence-electron chi connectivity index (χ2n) is 10.5. The van der Waals surface area contributed by atoms with Crippen molar-refractivity contribution in [2.45, 2.75) is 25.2 Å². The zero-order chi connectivity index (χ0) is 27.9. The third kappa shape index (κ3) is 4.68. The molecule has 0 saturated carbocycles. The third-order valence-electron chi connectivity index (χ3n) is 8.14. The van der Waals surface area contributed by atoms with E-state index in [0.29, 0.717) is 24.3 Å². The number of carbonyl (C=O) groups excluding carboxylic acids is 2. The molecule has 208 valence electrons. The van der Waals surface area contributed by atoms with Gasteiger partial charge in [0.2, 0.25) is 0 Å². The van der Waals surface area contributed by atoms with Gasteiger partial charge in [0.1, 0.15) is 16.3 Å². The molecule has 2 amide bonds. The largest absolute Gasteiger partial charge is 0.381 e. The van der Waals surface area contributed by atoms with Gasteiger partial charge >= 0.3 is 0 Å². The van der Waals surface area contributed by atoms with Crippen molar-refractivity contribution in [1.29, 1.82) is 0 Å². The first-order valence-electron chi connectivity index (χ1n) is 13.5. The minimum atomic E-state index is -0.541. The van der Waals surface area contributed by atoms with Crippen LogP contribution in [0.15, 0.2) is 48.0 Å². The Bertz CT molecular complexity index is 1550. The van der Waals surface area contributed by atoms with E-state index in [0.717, 1.165) is 72.3 Å². The molecule has 0 bridgehead atoms. The van der Waals surface area contributed by atoms with Crippen molar-refractivity contribution in [3.8, 4) is 11.4 Å². The topological polar surface area (TPSA) is 112 Å². The number of hydrogen-bond donors (Lipinski definition) is 2. The molecule has 2 aliphatic rings. The van der Waals surface area contributed by atoms with Crippen LogP contribution in [0, 0.1) is 6.92 Å². The molecule has 3 aromatic heterocycles. The summed E-state index contributed by atoms with van der Waals surface area (Å²) >= 11 is 1.62. The number of nitrogens with one attached hydrogen (secondary N) is 1. The molecule has 5 heterocycles. The normalized spacial score (nSPS) is 17.7. The summed E-state index contributed by atoms with van der Waals surface area (Å²) in [5, 5.41) is 12.0. The van der Waals surface area contributed by atoms with Crippen molar-refractivity contribution >= 4 is 28.8 Å². The van der Waals surface area contributed by atoms with Crippen LogP contribution >= 0.6 is 11.3 Å². The van der Waals surface area contributed by atoms with E-state index in [9.17, 15) is 9.59 Å². The van der Waals surface area contributed by atoms with Gasteiger partial charge in [-0.05, 0) is 56.6 Å². The van der Waals surface area contributed by atoms with E-state index in [1.54, 1.807) is 28.9 Å². The Balaban J connectivity index is 1.33. The lowest BCUT2D eigenvalue weighted by Gasteiger charge is -2.36. The summed E-state index contributed by atoms with van der Waals surface area (Å²) in [7, 11) is 2.07. The van der Waals surface area contributed by atoms with Gasteiger partial charge in [-0.3, -0.25) is 19.2 Å². The molecule has 1 aromatic carbocycles. The number of amides is 2. The predicted octanol–water partition coefficient (Wildman–Crippen LogP) is 3.37. The summed E-state index contributed by atoms with van der Waals surface area (Å²) in [6, 6.07) is 11.1. The van der Waals surface area contributed by atoms with Gasteiger partial charge in [0.25, 0.3) is 11.8 Å². The first kappa shape index (κ1) is 26.6. The third-order valence-corrected chi connectivity index (χ3v) is 9.19. The lowest BCUT2D eigenvalue weighted by molar-refractivity contribution is 0.0629. The molecule has 6 rings (SSSR count). The van der Waals surface area contributed by atoms with Gasteiger partial charge in [0.15, 0.2) is 0 Å². The van der Waals surface area contributed by atoms with E-state index >= 15 is 0 Å². The summed E-state index contributed by atoms with van der Waals surface area (Å²) in [4.78, 5) is 39.1. The van der Waals surface area contributed by atoms with Crippen LogP contribution < -0.4 is 5.48 Å². The Hall–Kier alpha value is -3.64. The van der Waals surface area contributed by atoms with Crippen LogP contribution in [0.25, 0.3) is 17.0 Å². The Labute approximate surface area is 236 Å². The second kappa shape index (κ2) is 10.7. The van der Waals surface area contributed by atoms with Gasteiger partial charge in [-0.1, -0.05) is 12.1 Å². The van der Waals surface area contributed by atoms with E-state index in [1.165, 1.54) is 0 Å². The number of hydroxylamine groups is 1. The molecule has 0 unspecified atom stereocenters. The van der Waals surface area contributed by atoms with Gasteiger partial charge in [0, 0.05) is 62.1 Å². The number of aryl methyl sites for hydroxylation is 1. The fraction of sp³-hybridized carbons (Fsp3) is 0.379. The number of hydrogen-bond acceptors (Lipinski definition) is 8. The highest BCUT2D eigenvalue weighted by Gasteiger charge is 2.39. The van der Waals surface area contributed by atoms with Crippen molar-refractivity contribution in [2.75, 3.05) is 46.4 Å². The highest BCUT2D eigenvalue weighted by molar-refractivity contribution is 7.10. The molecule has 2 aliphatic heterocycles. The van der Waals surface area contributed by atoms with Crippen LogP contribution in [-0.2, 0) is 10.2 Å². The first-order chi connectivity index (χ1) is 19.4. The molecule has 0 atom stereocenters. The summed E-state index contributed by atoms with van der Waals surface area (Å²) in [5.74, 6) is -0.502. The highest BCUT2D eigenvalue weighted by Crippen LogP contribution is 2.44. The fourth-order valence-corrected chi connectivity index (χ4v) is 6.84. The van der Waals surface area contributed by atoms with E-state index in [2.05, 4.69) is 17.3 Å². The van der Waals surface area contributed by atoms with E-state index in [1.807, 2.05) is 46.7 Å². The minimum Gasteiger partial charge on any atom is -0.381 e. The van der Waals surface area contributed by atoms with Crippen molar-refractivity contribution < 1.29 is 19.5 Å². The maximum Gasteiger partial charge on any atom is 0.274 e. The maximum absolute atomic E-state index is 13.2. The number of rotatable bonds is 5. The number of piperazine rings is 1. The lowest BCUT2D eigenvalue weighted by Crippen LogP contribution is -2.47. The van der Waals surface area contributed by atoms with E-state index < -0.39 is 5.91 Å². The van der Waals surface area contributed by atoms with Gasteiger partial charge in [-0.25, -0.2) is 15.4 Å². The van der Waals surface area contributed by atoms with Crippen LogP contribution in [0.2, 0.25) is 0 Å². The smallest absolute Gasteiger partial charge is 0.274 e. The number of ether oxygens (including phenoxy) is 1. The second-order valence-corrected chi connectivity index (χ2v) is 11.4. The minimum absolute atomic E-state index is 0.0395. The van der Waals surface area contributed by atoms with Crippen LogP contribution in [0.4, 0.5) is 0 Å². The Morgan fingerprint density at radius 1 is 1.02 bits per heavy atom. The van der Waals surface area contributed by atoms with Crippen LogP contribution in [0.3, 0.4) is 0 Å². The molecular formula is C29H32N6O4S. The quantitative estimate of drug-likeness (QED) is 0.284. The van der Waals surface area contributed by atoms with Gasteiger partial charge in [-0.2, -0.15) is 0 Å². The maximum atomic E-state index is 13.2. The molecule has 2 N–H and O–H groups in total. The lowest BCUT2D eigenvalue weighted by atomic mass is 9.74. The van der Waals surface area contributed by atoms with E-state index in [4.69, 9.17) is 19.9 Å². The SMILES string of the molecule is Cc1nc2cc(C(=O)N3CCN(C)CC3)ccn2c1-c1csc(C2(c3ccc(C(=O)NO)cc3)CCOCC2)n1. The Morgan fingerprint density at radius 2 is 1.75 bits per heavy atom. The number of fused-ring (bicyclic) bond motifs is 1. The number of likely N-dealkylation sites (N-methyl/N-ethyl adjacent to an activating group) is 1. The molecular weight excluding hydrogens is 528 g/mol. The molecule has 2 saturated heterocycles. The van der Waals surface area contributed by atoms with Crippen molar-refractivity contribution in [3.05, 3.63) is 75.4 Å². The van der Waals surface area contributed by atoms with Crippen molar-refractivity contribution in [1.82, 2.24) is 29.6 Å².